The van der Waals surface area contributed by atoms with Gasteiger partial charge in [0.05, 0.1) is 29.3 Å². The molecule has 0 spiro atoms. The fourth-order valence-corrected chi connectivity index (χ4v) is 2.70. The van der Waals surface area contributed by atoms with Gasteiger partial charge in [-0.1, -0.05) is 29.3 Å². The van der Waals surface area contributed by atoms with E-state index in [-0.39, 0.29) is 12.6 Å². The number of hydrogen-bond acceptors (Lipinski definition) is 4. The number of nitrogens with one attached hydrogen (secondary N) is 1. The second kappa shape index (κ2) is 6.98. The first-order valence-electron chi connectivity index (χ1n) is 7.65. The molecule has 1 aromatic carbocycles. The summed E-state index contributed by atoms with van der Waals surface area (Å²) in [5.41, 5.74) is 3.08. The van der Waals surface area contributed by atoms with Gasteiger partial charge in [-0.15, -0.1) is 0 Å². The van der Waals surface area contributed by atoms with Crippen LogP contribution in [0.1, 0.15) is 21.6 Å². The molecule has 8 heteroatoms. The van der Waals surface area contributed by atoms with Crippen LogP contribution in [-0.4, -0.2) is 25.5 Å². The van der Waals surface area contributed by atoms with Gasteiger partial charge in [-0.2, -0.15) is 10.2 Å². The van der Waals surface area contributed by atoms with Gasteiger partial charge in [0.2, 0.25) is 0 Å². The molecule has 0 bridgehead atoms. The maximum atomic E-state index is 12.3. The molecule has 3 rings (SSSR count). The van der Waals surface area contributed by atoms with Crippen LogP contribution in [0.3, 0.4) is 0 Å². The SMILES string of the molecule is Cc1ccc(OCn2cc(NC(=O)c3c(Cl)cnn3C)cn2)c(C)c1. The van der Waals surface area contributed by atoms with Crippen LogP contribution in [-0.2, 0) is 13.8 Å². The van der Waals surface area contributed by atoms with Crippen molar-refractivity contribution < 1.29 is 9.53 Å². The first-order chi connectivity index (χ1) is 11.9. The molecule has 0 radical (unpaired) electrons. The van der Waals surface area contributed by atoms with E-state index < -0.39 is 0 Å². The Hall–Kier alpha value is -2.80. The third-order valence-electron chi connectivity index (χ3n) is 3.68. The van der Waals surface area contributed by atoms with Crippen LogP contribution >= 0.6 is 11.6 Å². The van der Waals surface area contributed by atoms with Crippen LogP contribution < -0.4 is 10.1 Å². The monoisotopic (exact) mass is 359 g/mol. The number of nitrogens with zero attached hydrogens (tertiary/aromatic N) is 4. The average Bonchev–Trinajstić information content (AvgIpc) is 3.13. The Labute approximate surface area is 150 Å². The smallest absolute Gasteiger partial charge is 0.275 e. The Morgan fingerprint density at radius 3 is 2.76 bits per heavy atom. The number of benzene rings is 1. The van der Waals surface area contributed by atoms with E-state index in [1.165, 1.54) is 16.4 Å². The molecule has 0 aliphatic rings. The van der Waals surface area contributed by atoms with E-state index in [0.717, 1.165) is 11.3 Å². The summed E-state index contributed by atoms with van der Waals surface area (Å²) in [5, 5.41) is 11.2. The lowest BCUT2D eigenvalue weighted by Crippen LogP contribution is -2.16. The number of carbonyl (C=O) groups is 1. The molecule has 1 amide bonds. The van der Waals surface area contributed by atoms with Crippen molar-refractivity contribution in [3.63, 3.8) is 0 Å². The second-order valence-corrected chi connectivity index (χ2v) is 6.14. The Kier molecular flexibility index (Phi) is 4.76. The molecular weight excluding hydrogens is 342 g/mol. The number of amides is 1. The van der Waals surface area contributed by atoms with E-state index >= 15 is 0 Å². The zero-order valence-corrected chi connectivity index (χ0v) is 14.9. The van der Waals surface area contributed by atoms with Crippen molar-refractivity contribution in [3.8, 4) is 5.75 Å². The largest absolute Gasteiger partial charge is 0.471 e. The first-order valence-corrected chi connectivity index (χ1v) is 8.03. The van der Waals surface area contributed by atoms with Crippen LogP contribution in [0.25, 0.3) is 0 Å². The minimum absolute atomic E-state index is 0.242. The van der Waals surface area contributed by atoms with Crippen molar-refractivity contribution >= 4 is 23.2 Å². The number of rotatable bonds is 5. The average molecular weight is 360 g/mol. The Morgan fingerprint density at radius 1 is 1.28 bits per heavy atom. The molecule has 0 aliphatic heterocycles. The fraction of sp³-hybridized carbons (Fsp3) is 0.235. The van der Waals surface area contributed by atoms with E-state index in [0.29, 0.717) is 16.4 Å². The first kappa shape index (κ1) is 17.0. The molecule has 0 fully saturated rings. The van der Waals surface area contributed by atoms with Crippen molar-refractivity contribution in [2.24, 2.45) is 7.05 Å². The molecule has 25 heavy (non-hydrogen) atoms. The molecule has 0 unspecified atom stereocenters. The van der Waals surface area contributed by atoms with Crippen molar-refractivity contribution in [2.45, 2.75) is 20.6 Å². The summed E-state index contributed by atoms with van der Waals surface area (Å²) >= 11 is 5.97. The van der Waals surface area contributed by atoms with E-state index in [1.807, 2.05) is 26.0 Å². The van der Waals surface area contributed by atoms with E-state index in [9.17, 15) is 4.79 Å². The summed E-state index contributed by atoms with van der Waals surface area (Å²) < 4.78 is 8.78. The summed E-state index contributed by atoms with van der Waals surface area (Å²) in [6.07, 6.45) is 4.66. The van der Waals surface area contributed by atoms with Crippen molar-refractivity contribution in [1.82, 2.24) is 19.6 Å². The molecule has 0 saturated carbocycles. The lowest BCUT2D eigenvalue weighted by molar-refractivity contribution is 0.101. The quantitative estimate of drug-likeness (QED) is 0.759. The van der Waals surface area contributed by atoms with Crippen molar-refractivity contribution in [2.75, 3.05) is 5.32 Å². The minimum atomic E-state index is -0.347. The molecule has 2 heterocycles. The summed E-state index contributed by atoms with van der Waals surface area (Å²) in [6, 6.07) is 5.98. The van der Waals surface area contributed by atoms with Gasteiger partial charge in [0, 0.05) is 7.05 Å². The third kappa shape index (κ3) is 3.83. The van der Waals surface area contributed by atoms with Crippen molar-refractivity contribution in [1.29, 1.82) is 0 Å². The van der Waals surface area contributed by atoms with Crippen LogP contribution in [0.5, 0.6) is 5.75 Å². The highest BCUT2D eigenvalue weighted by Crippen LogP contribution is 2.20. The zero-order chi connectivity index (χ0) is 18.0. The molecule has 0 atom stereocenters. The molecule has 130 valence electrons. The minimum Gasteiger partial charge on any atom is -0.471 e. The number of aryl methyl sites for hydroxylation is 3. The number of aromatic nitrogens is 4. The van der Waals surface area contributed by atoms with Crippen LogP contribution in [0.15, 0.2) is 36.8 Å². The summed E-state index contributed by atoms with van der Waals surface area (Å²) in [6.45, 7) is 4.27. The topological polar surface area (TPSA) is 74.0 Å². The summed E-state index contributed by atoms with van der Waals surface area (Å²) in [4.78, 5) is 12.3. The van der Waals surface area contributed by atoms with Crippen LogP contribution in [0, 0.1) is 13.8 Å². The van der Waals surface area contributed by atoms with Gasteiger partial charge in [-0.25, -0.2) is 4.68 Å². The summed E-state index contributed by atoms with van der Waals surface area (Å²) in [5.74, 6) is 0.452. The lowest BCUT2D eigenvalue weighted by Gasteiger charge is -2.09. The van der Waals surface area contributed by atoms with Crippen LogP contribution in [0.2, 0.25) is 5.02 Å². The van der Waals surface area contributed by atoms with Gasteiger partial charge < -0.3 is 10.1 Å². The summed E-state index contributed by atoms with van der Waals surface area (Å²) in [7, 11) is 1.65. The maximum absolute atomic E-state index is 12.3. The Morgan fingerprint density at radius 2 is 2.08 bits per heavy atom. The molecule has 0 aliphatic carbocycles. The Balaban J connectivity index is 1.63. The fourth-order valence-electron chi connectivity index (χ4n) is 2.45. The maximum Gasteiger partial charge on any atom is 0.275 e. The molecular formula is C17H18ClN5O2. The van der Waals surface area contributed by atoms with E-state index in [4.69, 9.17) is 16.3 Å². The number of halogens is 1. The van der Waals surface area contributed by atoms with Gasteiger partial charge in [0.25, 0.3) is 5.91 Å². The highest BCUT2D eigenvalue weighted by molar-refractivity contribution is 6.34. The highest BCUT2D eigenvalue weighted by atomic mass is 35.5. The molecule has 3 aromatic rings. The zero-order valence-electron chi connectivity index (χ0n) is 14.2. The van der Waals surface area contributed by atoms with Gasteiger partial charge in [0.15, 0.2) is 6.73 Å². The molecule has 7 nitrogen and oxygen atoms in total. The van der Waals surface area contributed by atoms with Gasteiger partial charge in [-0.05, 0) is 25.5 Å². The van der Waals surface area contributed by atoms with Crippen molar-refractivity contribution in [3.05, 3.63) is 58.6 Å². The third-order valence-corrected chi connectivity index (χ3v) is 3.96. The predicted octanol–water partition coefficient (Wildman–Crippen LogP) is 3.18. The van der Waals surface area contributed by atoms with Gasteiger partial charge in [-0.3, -0.25) is 9.48 Å². The number of hydrogen-bond donors (Lipinski definition) is 1. The van der Waals surface area contributed by atoms with Gasteiger partial charge >= 0.3 is 0 Å². The Bertz CT molecular complexity index is 896. The lowest BCUT2D eigenvalue weighted by atomic mass is 10.1. The second-order valence-electron chi connectivity index (χ2n) is 5.73. The van der Waals surface area contributed by atoms with E-state index in [1.54, 1.807) is 24.1 Å². The molecule has 2 aromatic heterocycles. The number of ether oxygens (including phenoxy) is 1. The number of anilines is 1. The predicted molar refractivity (Wildman–Crippen MR) is 94.9 cm³/mol. The number of carbonyl (C=O) groups excluding carboxylic acids is 1. The molecule has 0 saturated heterocycles. The molecule has 1 N–H and O–H groups in total. The highest BCUT2D eigenvalue weighted by Gasteiger charge is 2.16. The van der Waals surface area contributed by atoms with E-state index in [2.05, 4.69) is 21.6 Å². The standard InChI is InChI=1S/C17H18ClN5O2/c1-11-4-5-15(12(2)6-11)25-10-23-9-13(7-20-23)21-17(24)16-14(18)8-19-22(16)3/h4-9H,10H2,1-3H3,(H,21,24). The van der Waals surface area contributed by atoms with Crippen LogP contribution in [0.4, 0.5) is 5.69 Å². The normalized spacial score (nSPS) is 10.7. The van der Waals surface area contributed by atoms with Gasteiger partial charge in [0.1, 0.15) is 11.4 Å².